The van der Waals surface area contributed by atoms with E-state index in [9.17, 15) is 4.79 Å². The highest BCUT2D eigenvalue weighted by Gasteiger charge is 2.21. The number of benzene rings is 2. The molecule has 2 aromatic carbocycles. The minimum Gasteiger partial charge on any atom is -0.493 e. The summed E-state index contributed by atoms with van der Waals surface area (Å²) in [5.41, 5.74) is 1.97. The normalized spacial score (nSPS) is 13.8. The van der Waals surface area contributed by atoms with E-state index in [4.69, 9.17) is 18.9 Å². The van der Waals surface area contributed by atoms with Gasteiger partial charge >= 0.3 is 6.01 Å². The van der Waals surface area contributed by atoms with Crippen molar-refractivity contribution in [2.45, 2.75) is 0 Å². The number of anilines is 2. The van der Waals surface area contributed by atoms with Crippen LogP contribution in [0.3, 0.4) is 0 Å². The van der Waals surface area contributed by atoms with Gasteiger partial charge in [0.05, 0.1) is 28.4 Å². The van der Waals surface area contributed by atoms with Crippen LogP contribution in [0.4, 0.5) is 11.6 Å². The van der Waals surface area contributed by atoms with Crippen LogP contribution in [0.5, 0.6) is 23.3 Å². The molecular weight excluding hydrogens is 464 g/mol. The fourth-order valence-corrected chi connectivity index (χ4v) is 3.87. The first-order chi connectivity index (χ1) is 17.4. The third-order valence-electron chi connectivity index (χ3n) is 5.90. The number of nitrogens with zero attached hydrogens (tertiary/aromatic N) is 5. The predicted molar refractivity (Wildman–Crippen MR) is 135 cm³/mol. The summed E-state index contributed by atoms with van der Waals surface area (Å²) >= 11 is 0. The van der Waals surface area contributed by atoms with Gasteiger partial charge in [-0.1, -0.05) is 12.1 Å². The highest BCUT2D eigenvalue weighted by atomic mass is 16.5. The second-order valence-corrected chi connectivity index (χ2v) is 8.18. The maximum absolute atomic E-state index is 12.9. The molecule has 0 aliphatic carbocycles. The molecule has 0 spiro atoms. The molecule has 0 unspecified atom stereocenters. The summed E-state index contributed by atoms with van der Waals surface area (Å²) in [5.74, 6) is 2.14. The molecule has 0 atom stereocenters. The zero-order valence-electron chi connectivity index (χ0n) is 21.1. The summed E-state index contributed by atoms with van der Waals surface area (Å²) in [6, 6.07) is 10.9. The Kier molecular flexibility index (Phi) is 7.69. The first-order valence-corrected chi connectivity index (χ1v) is 11.4. The number of hydrogen-bond donors (Lipinski definition) is 1. The number of aromatic nitrogens is 3. The summed E-state index contributed by atoms with van der Waals surface area (Å²) in [6.45, 7) is 3.18. The lowest BCUT2D eigenvalue weighted by atomic mass is 10.1. The molecule has 11 heteroatoms. The van der Waals surface area contributed by atoms with Crippen LogP contribution >= 0.6 is 0 Å². The van der Waals surface area contributed by atoms with E-state index in [1.807, 2.05) is 17.0 Å². The molecule has 1 aliphatic heterocycles. The molecule has 1 saturated heterocycles. The number of ether oxygens (including phenoxy) is 4. The van der Waals surface area contributed by atoms with Crippen LogP contribution in [-0.4, -0.2) is 92.3 Å². The van der Waals surface area contributed by atoms with Gasteiger partial charge in [0.25, 0.3) is 5.91 Å². The largest absolute Gasteiger partial charge is 0.493 e. The highest BCUT2D eigenvalue weighted by Crippen LogP contribution is 2.40. The van der Waals surface area contributed by atoms with Crippen molar-refractivity contribution in [1.82, 2.24) is 24.8 Å². The van der Waals surface area contributed by atoms with Crippen molar-refractivity contribution in [2.24, 2.45) is 0 Å². The number of amides is 1. The fourth-order valence-electron chi connectivity index (χ4n) is 3.87. The second-order valence-electron chi connectivity index (χ2n) is 8.18. The quantitative estimate of drug-likeness (QED) is 0.502. The molecule has 0 saturated carbocycles. The van der Waals surface area contributed by atoms with Gasteiger partial charge in [-0.15, -0.1) is 0 Å². The van der Waals surface area contributed by atoms with Crippen molar-refractivity contribution in [1.29, 1.82) is 0 Å². The third kappa shape index (κ3) is 5.41. The summed E-state index contributed by atoms with van der Waals surface area (Å²) in [4.78, 5) is 30.2. The number of likely N-dealkylation sites (N-methyl/N-ethyl adjacent to an activating group) is 1. The zero-order chi connectivity index (χ0) is 25.7. The van der Waals surface area contributed by atoms with Crippen LogP contribution in [0.15, 0.2) is 36.4 Å². The van der Waals surface area contributed by atoms with Gasteiger partial charge in [0.2, 0.25) is 11.7 Å². The second kappa shape index (κ2) is 11.1. The lowest BCUT2D eigenvalue weighted by molar-refractivity contribution is 0.0664. The van der Waals surface area contributed by atoms with Gasteiger partial charge in [-0.05, 0) is 19.2 Å². The minimum atomic E-state index is 0.0210. The van der Waals surface area contributed by atoms with Crippen LogP contribution < -0.4 is 24.3 Å². The monoisotopic (exact) mass is 494 g/mol. The van der Waals surface area contributed by atoms with E-state index in [0.29, 0.717) is 34.3 Å². The Balaban J connectivity index is 1.58. The Morgan fingerprint density at radius 2 is 1.47 bits per heavy atom. The Morgan fingerprint density at radius 3 is 2.03 bits per heavy atom. The summed E-state index contributed by atoms with van der Waals surface area (Å²) in [7, 11) is 8.18. The van der Waals surface area contributed by atoms with Crippen molar-refractivity contribution in [3.8, 4) is 34.6 Å². The van der Waals surface area contributed by atoms with Crippen molar-refractivity contribution in [3.63, 3.8) is 0 Å². The van der Waals surface area contributed by atoms with Crippen molar-refractivity contribution in [2.75, 3.05) is 67.0 Å². The van der Waals surface area contributed by atoms with Crippen molar-refractivity contribution in [3.05, 3.63) is 42.0 Å². The van der Waals surface area contributed by atoms with Gasteiger partial charge in [-0.25, -0.2) is 0 Å². The molecule has 0 bridgehead atoms. The highest BCUT2D eigenvalue weighted by molar-refractivity contribution is 5.94. The first-order valence-electron chi connectivity index (χ1n) is 11.4. The first kappa shape index (κ1) is 25.0. The molecule has 4 rings (SSSR count). The van der Waals surface area contributed by atoms with E-state index in [1.54, 1.807) is 45.6 Å². The molecule has 11 nitrogen and oxygen atoms in total. The zero-order valence-corrected chi connectivity index (χ0v) is 21.1. The van der Waals surface area contributed by atoms with Gasteiger partial charge in [-0.3, -0.25) is 4.79 Å². The van der Waals surface area contributed by atoms with Crippen LogP contribution in [0.2, 0.25) is 0 Å². The number of methoxy groups -OCH3 is 4. The number of hydrogen-bond acceptors (Lipinski definition) is 10. The van der Waals surface area contributed by atoms with Gasteiger partial charge in [0.1, 0.15) is 0 Å². The van der Waals surface area contributed by atoms with Crippen molar-refractivity contribution >= 4 is 17.5 Å². The smallest absolute Gasteiger partial charge is 0.321 e. The molecule has 1 N–H and O–H groups in total. The lowest BCUT2D eigenvalue weighted by Crippen LogP contribution is -2.47. The SMILES string of the molecule is COc1nc(Nc2cc(OC)c(OC)c(OC)c2)nc(-c2ccc(C(=O)N3CCN(C)CC3)cc2)n1. The fraction of sp³-hybridized carbons (Fsp3) is 0.360. The van der Waals surface area contributed by atoms with Crippen molar-refractivity contribution < 1.29 is 23.7 Å². The van der Waals surface area contributed by atoms with Gasteiger partial charge in [0, 0.05) is 55.1 Å². The predicted octanol–water partition coefficient (Wildman–Crippen LogP) is 2.70. The van der Waals surface area contributed by atoms with E-state index >= 15 is 0 Å². The molecule has 0 radical (unpaired) electrons. The number of carbonyl (C=O) groups excluding carboxylic acids is 1. The number of rotatable bonds is 8. The molecule has 1 amide bonds. The van der Waals surface area contributed by atoms with E-state index < -0.39 is 0 Å². The molecule has 190 valence electrons. The molecule has 3 aromatic rings. The summed E-state index contributed by atoms with van der Waals surface area (Å²) in [6.07, 6.45) is 0. The number of nitrogens with one attached hydrogen (secondary N) is 1. The molecule has 1 fully saturated rings. The van der Waals surface area contributed by atoms with E-state index in [1.165, 1.54) is 7.11 Å². The summed E-state index contributed by atoms with van der Waals surface area (Å²) < 4.78 is 21.5. The van der Waals surface area contributed by atoms with Crippen LogP contribution in [0.25, 0.3) is 11.4 Å². The molecule has 1 aromatic heterocycles. The van der Waals surface area contributed by atoms with Gasteiger partial charge in [-0.2, -0.15) is 15.0 Å². The molecular formula is C25H30N6O5. The summed E-state index contributed by atoms with van der Waals surface area (Å²) in [5, 5.41) is 3.14. The maximum atomic E-state index is 12.9. The van der Waals surface area contributed by atoms with Crippen LogP contribution in [-0.2, 0) is 0 Å². The average molecular weight is 495 g/mol. The standard InChI is InChI=1S/C25H30N6O5/c1-30-10-12-31(13-11-30)23(32)17-8-6-16(7-9-17)22-27-24(29-25(28-22)36-5)26-18-14-19(33-2)21(35-4)20(15-18)34-3/h6-9,14-15H,10-13H2,1-5H3,(H,26,27,28,29). The molecule has 1 aliphatic rings. The van der Waals surface area contributed by atoms with E-state index in [2.05, 4.69) is 32.2 Å². The van der Waals surface area contributed by atoms with Crippen LogP contribution in [0, 0.1) is 0 Å². The lowest BCUT2D eigenvalue weighted by Gasteiger charge is -2.32. The van der Waals surface area contributed by atoms with E-state index in [0.717, 1.165) is 31.7 Å². The Hall–Kier alpha value is -4.12. The maximum Gasteiger partial charge on any atom is 0.321 e. The third-order valence-corrected chi connectivity index (χ3v) is 5.90. The molecule has 2 heterocycles. The Labute approximate surface area is 210 Å². The topological polar surface area (TPSA) is 111 Å². The Morgan fingerprint density at radius 1 is 0.833 bits per heavy atom. The number of carbonyl (C=O) groups is 1. The number of piperazine rings is 1. The minimum absolute atomic E-state index is 0.0210. The van der Waals surface area contributed by atoms with Gasteiger partial charge < -0.3 is 34.1 Å². The Bertz CT molecular complexity index is 1190. The average Bonchev–Trinajstić information content (AvgIpc) is 2.92. The van der Waals surface area contributed by atoms with Gasteiger partial charge in [0.15, 0.2) is 17.3 Å². The van der Waals surface area contributed by atoms with Crippen LogP contribution in [0.1, 0.15) is 10.4 Å². The van der Waals surface area contributed by atoms with E-state index in [-0.39, 0.29) is 17.9 Å². The molecule has 36 heavy (non-hydrogen) atoms.